The second-order valence-corrected chi connectivity index (χ2v) is 7.84. The summed E-state index contributed by atoms with van der Waals surface area (Å²) in [7, 11) is 1.35. The van der Waals surface area contributed by atoms with Crippen LogP contribution in [-0.4, -0.2) is 29.2 Å². The first-order valence-electron chi connectivity index (χ1n) is 7.00. The Balaban J connectivity index is 1.99. The molecule has 3 aromatic rings. The molecule has 128 valence electrons. The summed E-state index contributed by atoms with van der Waals surface area (Å²) in [5.41, 5.74) is 2.26. The standard InChI is InChI=1S/C16H12N2O4S3/c1-22-15(19)13-7-11(16(23-2)25-13)14-17-12(8-24-14)9-4-3-5-10(6-9)18(20)21/h3-8H,1-2H3. The van der Waals surface area contributed by atoms with Crippen LogP contribution in [0.25, 0.3) is 21.8 Å². The van der Waals surface area contributed by atoms with Crippen molar-refractivity contribution in [3.63, 3.8) is 0 Å². The largest absolute Gasteiger partial charge is 0.465 e. The van der Waals surface area contributed by atoms with E-state index in [9.17, 15) is 14.9 Å². The Morgan fingerprint density at radius 1 is 1.36 bits per heavy atom. The number of carbonyl (C=O) groups is 1. The molecule has 1 aromatic carbocycles. The molecule has 0 N–H and O–H groups in total. The molecular weight excluding hydrogens is 380 g/mol. The molecular formula is C16H12N2O4S3. The third-order valence-electron chi connectivity index (χ3n) is 3.36. The molecule has 0 amide bonds. The SMILES string of the molecule is COC(=O)c1cc(-c2nc(-c3cccc([N+](=O)[O-])c3)cs2)c(SC)s1. The number of esters is 1. The number of benzene rings is 1. The molecule has 25 heavy (non-hydrogen) atoms. The number of thiazole rings is 1. The van der Waals surface area contributed by atoms with Gasteiger partial charge in [-0.15, -0.1) is 34.4 Å². The number of hydrogen-bond acceptors (Lipinski definition) is 8. The van der Waals surface area contributed by atoms with Crippen LogP contribution in [0.15, 0.2) is 39.9 Å². The summed E-state index contributed by atoms with van der Waals surface area (Å²) in [4.78, 5) is 27.4. The summed E-state index contributed by atoms with van der Waals surface area (Å²) < 4.78 is 5.75. The Labute approximate surface area is 155 Å². The average Bonchev–Trinajstić information content (AvgIpc) is 3.27. The molecule has 2 heterocycles. The van der Waals surface area contributed by atoms with Gasteiger partial charge in [0.25, 0.3) is 5.69 Å². The van der Waals surface area contributed by atoms with Gasteiger partial charge in [0.2, 0.25) is 0 Å². The number of methoxy groups -OCH3 is 1. The van der Waals surface area contributed by atoms with Gasteiger partial charge in [0, 0.05) is 28.6 Å². The van der Waals surface area contributed by atoms with E-state index in [2.05, 4.69) is 4.98 Å². The van der Waals surface area contributed by atoms with Crippen molar-refractivity contribution in [2.45, 2.75) is 4.21 Å². The van der Waals surface area contributed by atoms with E-state index in [0.717, 1.165) is 14.8 Å². The number of thioether (sulfide) groups is 1. The molecule has 0 spiro atoms. The molecule has 3 rings (SSSR count). The fourth-order valence-electron chi connectivity index (χ4n) is 2.19. The number of nitro benzene ring substituents is 1. The van der Waals surface area contributed by atoms with Crippen LogP contribution in [0, 0.1) is 10.1 Å². The Kier molecular flexibility index (Phi) is 5.16. The van der Waals surface area contributed by atoms with Crippen molar-refractivity contribution in [2.24, 2.45) is 0 Å². The highest BCUT2D eigenvalue weighted by Crippen LogP contribution is 2.40. The number of thiophene rings is 1. The van der Waals surface area contributed by atoms with Gasteiger partial charge in [-0.2, -0.15) is 0 Å². The quantitative estimate of drug-likeness (QED) is 0.264. The van der Waals surface area contributed by atoms with Crippen molar-refractivity contribution in [1.29, 1.82) is 0 Å². The second kappa shape index (κ2) is 7.34. The van der Waals surface area contributed by atoms with E-state index in [0.29, 0.717) is 16.1 Å². The second-order valence-electron chi connectivity index (χ2n) is 4.85. The molecule has 0 saturated carbocycles. The summed E-state index contributed by atoms with van der Waals surface area (Å²) in [5.74, 6) is -0.373. The number of nitrogens with zero attached hydrogens (tertiary/aromatic N) is 2. The van der Waals surface area contributed by atoms with E-state index in [1.807, 2.05) is 11.6 Å². The molecule has 0 bridgehead atoms. The highest BCUT2D eigenvalue weighted by atomic mass is 32.2. The number of carbonyl (C=O) groups excluding carboxylic acids is 1. The average molecular weight is 392 g/mol. The predicted octanol–water partition coefficient (Wildman–Crippen LogP) is 4.96. The van der Waals surface area contributed by atoms with Crippen molar-refractivity contribution in [2.75, 3.05) is 13.4 Å². The number of ether oxygens (including phenoxy) is 1. The van der Waals surface area contributed by atoms with Gasteiger partial charge in [-0.3, -0.25) is 10.1 Å². The van der Waals surface area contributed by atoms with Crippen LogP contribution < -0.4 is 0 Å². The highest BCUT2D eigenvalue weighted by Gasteiger charge is 2.19. The summed E-state index contributed by atoms with van der Waals surface area (Å²) in [6, 6.07) is 8.15. The normalized spacial score (nSPS) is 10.6. The number of non-ortho nitro benzene ring substituents is 1. The summed E-state index contributed by atoms with van der Waals surface area (Å²) in [6.07, 6.45) is 1.94. The van der Waals surface area contributed by atoms with Crippen LogP contribution in [-0.2, 0) is 4.74 Å². The van der Waals surface area contributed by atoms with Gasteiger partial charge in [-0.25, -0.2) is 9.78 Å². The molecule has 9 heteroatoms. The van der Waals surface area contributed by atoms with E-state index >= 15 is 0 Å². The summed E-state index contributed by atoms with van der Waals surface area (Å²) in [5, 5.41) is 13.5. The van der Waals surface area contributed by atoms with Crippen molar-refractivity contribution in [3.05, 3.63) is 50.7 Å². The van der Waals surface area contributed by atoms with Crippen LogP contribution >= 0.6 is 34.4 Å². The lowest BCUT2D eigenvalue weighted by Gasteiger charge is -1.97. The lowest BCUT2D eigenvalue weighted by Crippen LogP contribution is -1.96. The van der Waals surface area contributed by atoms with E-state index in [1.165, 1.54) is 53.7 Å². The van der Waals surface area contributed by atoms with E-state index in [4.69, 9.17) is 4.74 Å². The number of aromatic nitrogens is 1. The van der Waals surface area contributed by atoms with Crippen LogP contribution in [0.4, 0.5) is 5.69 Å². The Bertz CT molecular complexity index is 949. The highest BCUT2D eigenvalue weighted by molar-refractivity contribution is 8.00. The van der Waals surface area contributed by atoms with E-state index in [-0.39, 0.29) is 11.7 Å². The first-order valence-corrected chi connectivity index (χ1v) is 9.92. The maximum Gasteiger partial charge on any atom is 0.348 e. The third kappa shape index (κ3) is 3.58. The molecule has 0 atom stereocenters. The molecule has 0 unspecified atom stereocenters. The zero-order valence-electron chi connectivity index (χ0n) is 13.2. The third-order valence-corrected chi connectivity index (χ3v) is 6.48. The smallest absolute Gasteiger partial charge is 0.348 e. The molecule has 0 aliphatic heterocycles. The van der Waals surface area contributed by atoms with Gasteiger partial charge < -0.3 is 4.74 Å². The maximum atomic E-state index is 11.8. The minimum atomic E-state index is -0.426. The van der Waals surface area contributed by atoms with Crippen molar-refractivity contribution in [3.8, 4) is 21.8 Å². The van der Waals surface area contributed by atoms with Crippen LogP contribution in [0.3, 0.4) is 0 Å². The number of rotatable bonds is 5. The Morgan fingerprint density at radius 2 is 2.16 bits per heavy atom. The zero-order chi connectivity index (χ0) is 18.0. The monoisotopic (exact) mass is 392 g/mol. The molecule has 0 aliphatic rings. The van der Waals surface area contributed by atoms with Gasteiger partial charge in [-0.05, 0) is 12.3 Å². The lowest BCUT2D eigenvalue weighted by molar-refractivity contribution is -0.384. The van der Waals surface area contributed by atoms with Gasteiger partial charge in [0.05, 0.1) is 21.9 Å². The van der Waals surface area contributed by atoms with Gasteiger partial charge in [0.15, 0.2) is 0 Å². The Hall–Kier alpha value is -2.23. The number of nitro groups is 1. The molecule has 0 saturated heterocycles. The van der Waals surface area contributed by atoms with E-state index in [1.54, 1.807) is 18.2 Å². The van der Waals surface area contributed by atoms with Gasteiger partial charge in [0.1, 0.15) is 9.88 Å². The molecule has 0 fully saturated rings. The minimum absolute atomic E-state index is 0.0281. The van der Waals surface area contributed by atoms with Crippen molar-refractivity contribution in [1.82, 2.24) is 4.98 Å². The lowest BCUT2D eigenvalue weighted by atomic mass is 10.1. The van der Waals surface area contributed by atoms with Gasteiger partial charge in [-0.1, -0.05) is 12.1 Å². The molecule has 2 aromatic heterocycles. The topological polar surface area (TPSA) is 82.3 Å². The zero-order valence-corrected chi connectivity index (χ0v) is 15.7. The fraction of sp³-hybridized carbons (Fsp3) is 0.125. The van der Waals surface area contributed by atoms with E-state index < -0.39 is 4.92 Å². The molecule has 0 aliphatic carbocycles. The summed E-state index contributed by atoms with van der Waals surface area (Å²) in [6.45, 7) is 0. The maximum absolute atomic E-state index is 11.8. The minimum Gasteiger partial charge on any atom is -0.465 e. The molecule has 6 nitrogen and oxygen atoms in total. The van der Waals surface area contributed by atoms with Gasteiger partial charge >= 0.3 is 5.97 Å². The van der Waals surface area contributed by atoms with Crippen molar-refractivity contribution < 1.29 is 14.5 Å². The predicted molar refractivity (Wildman–Crippen MR) is 101 cm³/mol. The van der Waals surface area contributed by atoms with Crippen LogP contribution in [0.2, 0.25) is 0 Å². The summed E-state index contributed by atoms with van der Waals surface area (Å²) >= 11 is 4.34. The van der Waals surface area contributed by atoms with Crippen LogP contribution in [0.1, 0.15) is 9.67 Å². The number of hydrogen-bond donors (Lipinski definition) is 0. The molecule has 0 radical (unpaired) electrons. The fourth-order valence-corrected chi connectivity index (χ4v) is 4.95. The van der Waals surface area contributed by atoms with Crippen LogP contribution in [0.5, 0.6) is 0 Å². The van der Waals surface area contributed by atoms with Crippen molar-refractivity contribution >= 4 is 46.1 Å². The first kappa shape index (κ1) is 17.6. The Morgan fingerprint density at radius 3 is 2.84 bits per heavy atom. The first-order chi connectivity index (χ1) is 12.0.